The van der Waals surface area contributed by atoms with E-state index in [1.165, 1.54) is 6.08 Å². The van der Waals surface area contributed by atoms with Crippen molar-refractivity contribution >= 4 is 36.7 Å². The lowest BCUT2D eigenvalue weighted by Gasteiger charge is -2.26. The Morgan fingerprint density at radius 1 is 1.12 bits per heavy atom. The zero-order valence-corrected chi connectivity index (χ0v) is 14.6. The summed E-state index contributed by atoms with van der Waals surface area (Å²) in [5.41, 5.74) is 0.897. The number of hydrogen-bond acceptors (Lipinski definition) is 5. The molecule has 6 nitrogen and oxygen atoms in total. The minimum atomic E-state index is -3.96. The summed E-state index contributed by atoms with van der Waals surface area (Å²) < 4.78 is 50.3. The lowest BCUT2D eigenvalue weighted by atomic mass is 9.77. The van der Waals surface area contributed by atoms with Crippen LogP contribution in [-0.4, -0.2) is 27.6 Å². The summed E-state index contributed by atoms with van der Waals surface area (Å²) in [7, 11) is -6.56. The van der Waals surface area contributed by atoms with Gasteiger partial charge < -0.3 is 0 Å². The third kappa shape index (κ3) is 2.51. The van der Waals surface area contributed by atoms with Gasteiger partial charge in [-0.05, 0) is 17.6 Å². The molecule has 8 heteroatoms. The highest BCUT2D eigenvalue weighted by molar-refractivity contribution is 7.94. The molecule has 1 aromatic rings. The van der Waals surface area contributed by atoms with Gasteiger partial charge in [-0.2, -0.15) is 8.42 Å². The van der Waals surface area contributed by atoms with Crippen molar-refractivity contribution < 1.29 is 21.6 Å². The Morgan fingerprint density at radius 2 is 1.75 bits per heavy atom. The van der Waals surface area contributed by atoms with Gasteiger partial charge in [-0.15, -0.1) is 0 Å². The number of nitrogens with one attached hydrogen (secondary N) is 1. The van der Waals surface area contributed by atoms with E-state index in [9.17, 15) is 21.6 Å². The van der Waals surface area contributed by atoms with E-state index in [4.69, 9.17) is 0 Å². The van der Waals surface area contributed by atoms with Gasteiger partial charge in [-0.3, -0.25) is 4.79 Å². The second-order valence-electron chi connectivity index (χ2n) is 5.96. The van der Waals surface area contributed by atoms with Crippen molar-refractivity contribution in [1.82, 2.24) is 4.72 Å². The maximum Gasteiger partial charge on any atom is 0.264 e. The molecular formula is C16H15NO5S2. The molecule has 3 rings (SSSR count). The highest BCUT2D eigenvalue weighted by Crippen LogP contribution is 2.40. The van der Waals surface area contributed by atoms with Gasteiger partial charge in [-0.1, -0.05) is 44.2 Å². The van der Waals surface area contributed by atoms with Crippen LogP contribution in [0.4, 0.5) is 0 Å². The number of allylic oxidation sites excluding steroid dienone is 2. The van der Waals surface area contributed by atoms with Crippen LogP contribution in [-0.2, 0) is 25.1 Å². The summed E-state index contributed by atoms with van der Waals surface area (Å²) in [6, 6.07) is 8.67. The van der Waals surface area contributed by atoms with Crippen molar-refractivity contribution in [3.8, 4) is 0 Å². The first-order valence-corrected chi connectivity index (χ1v) is 9.84. The van der Waals surface area contributed by atoms with Gasteiger partial charge in [0.25, 0.3) is 15.9 Å². The quantitative estimate of drug-likeness (QED) is 0.792. The molecule has 1 atom stereocenters. The second-order valence-corrected chi connectivity index (χ2v) is 8.52. The lowest BCUT2D eigenvalue weighted by molar-refractivity contribution is -0.116. The van der Waals surface area contributed by atoms with Crippen LogP contribution < -0.4 is 4.72 Å². The molecule has 1 aromatic carbocycles. The van der Waals surface area contributed by atoms with Gasteiger partial charge in [0, 0.05) is 17.1 Å². The molecule has 1 N–H and O–H groups in total. The summed E-state index contributed by atoms with van der Waals surface area (Å²) in [6.07, 6.45) is 1.28. The van der Waals surface area contributed by atoms with Crippen LogP contribution in [0.5, 0.6) is 0 Å². The fourth-order valence-corrected chi connectivity index (χ4v) is 5.31. The number of carbonyl (C=O) groups is 1. The van der Waals surface area contributed by atoms with E-state index < -0.39 is 32.1 Å². The molecule has 126 valence electrons. The molecule has 0 saturated carbocycles. The molecule has 0 aromatic heterocycles. The van der Waals surface area contributed by atoms with E-state index in [0.29, 0.717) is 11.1 Å². The molecule has 0 spiro atoms. The van der Waals surface area contributed by atoms with Crippen LogP contribution in [0.2, 0.25) is 0 Å². The van der Waals surface area contributed by atoms with Crippen molar-refractivity contribution in [3.63, 3.8) is 0 Å². The third-order valence-electron chi connectivity index (χ3n) is 4.09. The molecule has 0 bridgehead atoms. The molecule has 1 unspecified atom stereocenters. The Bertz CT molecular complexity index is 1020. The number of rotatable bonds is 2. The Labute approximate surface area is 141 Å². The Morgan fingerprint density at radius 3 is 2.29 bits per heavy atom. The molecule has 1 aliphatic carbocycles. The monoisotopic (exact) mass is 365 g/mol. The van der Waals surface area contributed by atoms with Crippen molar-refractivity contribution in [2.45, 2.75) is 13.8 Å². The molecule has 1 amide bonds. The van der Waals surface area contributed by atoms with Crippen LogP contribution in [0.1, 0.15) is 19.4 Å². The fourth-order valence-electron chi connectivity index (χ4n) is 3.11. The highest BCUT2D eigenvalue weighted by atomic mass is 32.2. The van der Waals surface area contributed by atoms with Crippen molar-refractivity contribution in [3.05, 3.63) is 52.4 Å². The first-order valence-electron chi connectivity index (χ1n) is 7.29. The largest absolute Gasteiger partial charge is 0.269 e. The molecule has 2 aliphatic rings. The maximum absolute atomic E-state index is 12.2. The van der Waals surface area contributed by atoms with Crippen LogP contribution in [0.3, 0.4) is 0 Å². The van der Waals surface area contributed by atoms with Crippen LogP contribution in [0.25, 0.3) is 5.57 Å². The average Bonchev–Trinajstić information content (AvgIpc) is 2.75. The van der Waals surface area contributed by atoms with E-state index in [1.54, 1.807) is 44.2 Å². The maximum atomic E-state index is 12.2. The minimum absolute atomic E-state index is 0.00359. The Balaban J connectivity index is 2.41. The number of hydrogen-bond donors (Lipinski definition) is 1. The van der Waals surface area contributed by atoms with Crippen molar-refractivity contribution in [2.24, 2.45) is 11.8 Å². The lowest BCUT2D eigenvalue weighted by Crippen LogP contribution is -2.31. The summed E-state index contributed by atoms with van der Waals surface area (Å²) in [5.74, 6) is -1.83. The smallest absolute Gasteiger partial charge is 0.264 e. The highest BCUT2D eigenvalue weighted by Gasteiger charge is 2.45. The average molecular weight is 365 g/mol. The number of amides is 1. The summed E-state index contributed by atoms with van der Waals surface area (Å²) in [5, 5.41) is 0. The molecule has 0 saturated heterocycles. The standard InChI is InChI=1S/C16H15NO5S2/c1-9(2)13-14-12(24(21,22)17-16(14)18)8-11(15(13)23(19)20)10-6-4-3-5-7-10/h3-9,13H,1-2H3,(H,17,18). The topological polar surface area (TPSA) is 97.4 Å². The molecule has 24 heavy (non-hydrogen) atoms. The van der Waals surface area contributed by atoms with Gasteiger partial charge in [-0.25, -0.2) is 13.1 Å². The predicted molar refractivity (Wildman–Crippen MR) is 90.8 cm³/mol. The van der Waals surface area contributed by atoms with Gasteiger partial charge in [0.2, 0.25) is 10.3 Å². The predicted octanol–water partition coefficient (Wildman–Crippen LogP) is 1.12. The Kier molecular flexibility index (Phi) is 3.97. The zero-order valence-electron chi connectivity index (χ0n) is 13.0. The summed E-state index contributed by atoms with van der Waals surface area (Å²) in [4.78, 5) is 12.1. The van der Waals surface area contributed by atoms with Gasteiger partial charge in [0.1, 0.15) is 0 Å². The van der Waals surface area contributed by atoms with E-state index in [-0.39, 0.29) is 21.3 Å². The zero-order chi connectivity index (χ0) is 17.6. The van der Waals surface area contributed by atoms with Crippen LogP contribution in [0.15, 0.2) is 46.9 Å². The Hall–Kier alpha value is -2.19. The van der Waals surface area contributed by atoms with Gasteiger partial charge in [0.05, 0.1) is 9.77 Å². The minimum Gasteiger partial charge on any atom is -0.269 e. The van der Waals surface area contributed by atoms with E-state index in [2.05, 4.69) is 0 Å². The molecule has 1 heterocycles. The fraction of sp³-hybridized carbons (Fsp3) is 0.250. The number of benzene rings is 1. The SMILES string of the molecule is CC(C)C1C2=C(C=C(c3ccccc3)C1=S(=O)=O)S(=O)(=O)NC2=O. The molecular weight excluding hydrogens is 350 g/mol. The summed E-state index contributed by atoms with van der Waals surface area (Å²) in [6.45, 7) is 3.52. The second kappa shape index (κ2) is 5.71. The van der Waals surface area contributed by atoms with E-state index in [1.807, 2.05) is 4.72 Å². The normalized spacial score (nSPS) is 22.3. The first-order chi connectivity index (χ1) is 11.2. The number of carbonyl (C=O) groups excluding carboxylic acids is 1. The molecule has 0 radical (unpaired) electrons. The van der Waals surface area contributed by atoms with Crippen molar-refractivity contribution in [1.29, 1.82) is 0 Å². The van der Waals surface area contributed by atoms with Gasteiger partial charge >= 0.3 is 0 Å². The number of sulfonamides is 1. The van der Waals surface area contributed by atoms with Crippen LogP contribution >= 0.6 is 0 Å². The third-order valence-corrected chi connectivity index (χ3v) is 6.30. The van der Waals surface area contributed by atoms with Crippen molar-refractivity contribution in [2.75, 3.05) is 0 Å². The molecule has 1 aliphatic heterocycles. The van der Waals surface area contributed by atoms with Crippen LogP contribution in [0, 0.1) is 11.8 Å². The molecule has 0 fully saturated rings. The first kappa shape index (κ1) is 16.7. The van der Waals surface area contributed by atoms with Gasteiger partial charge in [0.15, 0.2) is 0 Å². The summed E-state index contributed by atoms with van der Waals surface area (Å²) >= 11 is 0. The van der Waals surface area contributed by atoms with E-state index >= 15 is 0 Å². The van der Waals surface area contributed by atoms with E-state index in [0.717, 1.165) is 0 Å².